The standard InChI is InChI=1S/C18H17N5O2/c1-13(14-6-3-2-4-7-14)21-17(24)18(25)22-15-8-5-9-16(10-15)23-11-19-20-12-23/h2-13H,1H3,(H,21,24)(H,22,25)/t13-/m0/s1. The highest BCUT2D eigenvalue weighted by Gasteiger charge is 2.17. The third kappa shape index (κ3) is 4.08. The number of benzene rings is 2. The van der Waals surface area contributed by atoms with Gasteiger partial charge in [-0.1, -0.05) is 36.4 Å². The normalized spacial score (nSPS) is 11.6. The molecule has 0 aliphatic heterocycles. The number of rotatable bonds is 4. The second kappa shape index (κ2) is 7.39. The second-order valence-corrected chi connectivity index (χ2v) is 5.48. The Morgan fingerprint density at radius 1 is 0.960 bits per heavy atom. The SMILES string of the molecule is C[C@H](NC(=O)C(=O)Nc1cccc(-n2cnnc2)c1)c1ccccc1. The van der Waals surface area contributed by atoms with Gasteiger partial charge in [0.05, 0.1) is 11.7 Å². The van der Waals surface area contributed by atoms with Gasteiger partial charge in [-0.05, 0) is 30.7 Å². The fourth-order valence-electron chi connectivity index (χ4n) is 2.35. The van der Waals surface area contributed by atoms with Gasteiger partial charge in [-0.3, -0.25) is 14.2 Å². The molecule has 1 heterocycles. The summed E-state index contributed by atoms with van der Waals surface area (Å²) in [6, 6.07) is 16.2. The highest BCUT2D eigenvalue weighted by Crippen LogP contribution is 2.14. The quantitative estimate of drug-likeness (QED) is 0.715. The lowest BCUT2D eigenvalue weighted by molar-refractivity contribution is -0.136. The van der Waals surface area contributed by atoms with E-state index < -0.39 is 11.8 Å². The number of carbonyl (C=O) groups is 2. The van der Waals surface area contributed by atoms with Crippen molar-refractivity contribution in [3.8, 4) is 5.69 Å². The van der Waals surface area contributed by atoms with E-state index in [9.17, 15) is 9.59 Å². The number of carbonyl (C=O) groups excluding carboxylic acids is 2. The van der Waals surface area contributed by atoms with E-state index in [0.29, 0.717) is 5.69 Å². The van der Waals surface area contributed by atoms with Crippen molar-refractivity contribution >= 4 is 17.5 Å². The van der Waals surface area contributed by atoms with Crippen LogP contribution in [0.2, 0.25) is 0 Å². The molecular weight excluding hydrogens is 318 g/mol. The first-order valence-corrected chi connectivity index (χ1v) is 7.75. The van der Waals surface area contributed by atoms with Gasteiger partial charge in [-0.15, -0.1) is 10.2 Å². The van der Waals surface area contributed by atoms with Crippen molar-refractivity contribution in [1.82, 2.24) is 20.1 Å². The Hall–Kier alpha value is -3.48. The third-order valence-electron chi connectivity index (χ3n) is 3.67. The molecule has 0 fully saturated rings. The fourth-order valence-corrected chi connectivity index (χ4v) is 2.35. The summed E-state index contributed by atoms with van der Waals surface area (Å²) in [6.45, 7) is 1.83. The summed E-state index contributed by atoms with van der Waals surface area (Å²) in [5.41, 5.74) is 2.22. The van der Waals surface area contributed by atoms with Gasteiger partial charge in [0.25, 0.3) is 0 Å². The number of anilines is 1. The molecule has 0 radical (unpaired) electrons. The number of hydrogen-bond acceptors (Lipinski definition) is 4. The van der Waals surface area contributed by atoms with E-state index in [1.807, 2.05) is 43.3 Å². The van der Waals surface area contributed by atoms with Crippen LogP contribution in [0.5, 0.6) is 0 Å². The summed E-state index contributed by atoms with van der Waals surface area (Å²) in [7, 11) is 0. The van der Waals surface area contributed by atoms with Crippen molar-refractivity contribution in [2.24, 2.45) is 0 Å². The zero-order valence-electron chi connectivity index (χ0n) is 13.6. The minimum Gasteiger partial charge on any atom is -0.341 e. The van der Waals surface area contributed by atoms with Crippen LogP contribution in [0.4, 0.5) is 5.69 Å². The lowest BCUT2D eigenvalue weighted by Crippen LogP contribution is -2.36. The second-order valence-electron chi connectivity index (χ2n) is 5.48. The average Bonchev–Trinajstić information content (AvgIpc) is 3.17. The molecule has 0 aliphatic rings. The minimum absolute atomic E-state index is 0.261. The van der Waals surface area contributed by atoms with Crippen molar-refractivity contribution in [3.05, 3.63) is 72.8 Å². The molecule has 3 aromatic rings. The molecule has 2 N–H and O–H groups in total. The lowest BCUT2D eigenvalue weighted by Gasteiger charge is -2.14. The van der Waals surface area contributed by atoms with E-state index in [-0.39, 0.29) is 6.04 Å². The molecule has 1 aromatic heterocycles. The molecule has 126 valence electrons. The van der Waals surface area contributed by atoms with E-state index in [2.05, 4.69) is 20.8 Å². The average molecular weight is 335 g/mol. The molecule has 0 saturated carbocycles. The molecule has 7 heteroatoms. The van der Waals surface area contributed by atoms with Gasteiger partial charge in [-0.2, -0.15) is 0 Å². The first-order valence-electron chi connectivity index (χ1n) is 7.75. The van der Waals surface area contributed by atoms with Crippen molar-refractivity contribution in [2.75, 3.05) is 5.32 Å². The van der Waals surface area contributed by atoms with Crippen LogP contribution in [0, 0.1) is 0 Å². The molecule has 7 nitrogen and oxygen atoms in total. The molecule has 2 amide bonds. The predicted molar refractivity (Wildman–Crippen MR) is 93.0 cm³/mol. The van der Waals surface area contributed by atoms with Crippen LogP contribution < -0.4 is 10.6 Å². The van der Waals surface area contributed by atoms with Gasteiger partial charge < -0.3 is 10.6 Å². The molecular formula is C18H17N5O2. The Balaban J connectivity index is 1.64. The number of aromatic nitrogens is 3. The molecule has 0 bridgehead atoms. The summed E-state index contributed by atoms with van der Waals surface area (Å²) in [4.78, 5) is 24.2. The molecule has 0 aliphatic carbocycles. The Labute approximate surface area is 144 Å². The first kappa shape index (κ1) is 16.4. The van der Waals surface area contributed by atoms with Gasteiger partial charge in [0.1, 0.15) is 12.7 Å². The van der Waals surface area contributed by atoms with E-state index in [0.717, 1.165) is 11.3 Å². The number of nitrogens with one attached hydrogen (secondary N) is 2. The maximum Gasteiger partial charge on any atom is 0.313 e. The summed E-state index contributed by atoms with van der Waals surface area (Å²) in [5, 5.41) is 12.8. The van der Waals surface area contributed by atoms with E-state index >= 15 is 0 Å². The van der Waals surface area contributed by atoms with Crippen molar-refractivity contribution in [1.29, 1.82) is 0 Å². The zero-order chi connectivity index (χ0) is 17.6. The van der Waals surface area contributed by atoms with Crippen molar-refractivity contribution in [2.45, 2.75) is 13.0 Å². The predicted octanol–water partition coefficient (Wildman–Crippen LogP) is 2.08. The van der Waals surface area contributed by atoms with Crippen LogP contribution in [0.3, 0.4) is 0 Å². The summed E-state index contributed by atoms with van der Waals surface area (Å²) >= 11 is 0. The largest absolute Gasteiger partial charge is 0.341 e. The fraction of sp³-hybridized carbons (Fsp3) is 0.111. The molecule has 25 heavy (non-hydrogen) atoms. The molecule has 1 atom stereocenters. The van der Waals surface area contributed by atoms with Gasteiger partial charge in [0, 0.05) is 5.69 Å². The molecule has 0 saturated heterocycles. The highest BCUT2D eigenvalue weighted by molar-refractivity contribution is 6.39. The first-order chi connectivity index (χ1) is 12.1. The Morgan fingerprint density at radius 3 is 2.40 bits per heavy atom. The van der Waals surface area contributed by atoms with Crippen molar-refractivity contribution in [3.63, 3.8) is 0 Å². The third-order valence-corrected chi connectivity index (χ3v) is 3.67. The Bertz CT molecular complexity index is 862. The number of amides is 2. The van der Waals surface area contributed by atoms with Gasteiger partial charge in [0.2, 0.25) is 0 Å². The summed E-state index contributed by atoms with van der Waals surface area (Å²) < 4.78 is 1.70. The maximum absolute atomic E-state index is 12.1. The molecule has 0 spiro atoms. The Morgan fingerprint density at radius 2 is 1.68 bits per heavy atom. The van der Waals surface area contributed by atoms with Gasteiger partial charge >= 0.3 is 11.8 Å². The molecule has 0 unspecified atom stereocenters. The minimum atomic E-state index is -0.719. The van der Waals surface area contributed by atoms with E-state index in [1.54, 1.807) is 35.4 Å². The monoisotopic (exact) mass is 335 g/mol. The van der Waals surface area contributed by atoms with Crippen LogP contribution in [-0.2, 0) is 9.59 Å². The van der Waals surface area contributed by atoms with Gasteiger partial charge in [-0.25, -0.2) is 0 Å². The van der Waals surface area contributed by atoms with Crippen LogP contribution in [0.1, 0.15) is 18.5 Å². The molecule has 3 rings (SSSR count). The highest BCUT2D eigenvalue weighted by atomic mass is 16.2. The number of nitrogens with zero attached hydrogens (tertiary/aromatic N) is 3. The summed E-state index contributed by atoms with van der Waals surface area (Å²) in [5.74, 6) is -1.41. The van der Waals surface area contributed by atoms with Crippen LogP contribution in [0.15, 0.2) is 67.3 Å². The van der Waals surface area contributed by atoms with Crippen molar-refractivity contribution < 1.29 is 9.59 Å². The lowest BCUT2D eigenvalue weighted by atomic mass is 10.1. The zero-order valence-corrected chi connectivity index (χ0v) is 13.6. The summed E-state index contributed by atoms with van der Waals surface area (Å²) in [6.07, 6.45) is 3.10. The van der Waals surface area contributed by atoms with E-state index in [1.165, 1.54) is 0 Å². The maximum atomic E-state index is 12.1. The number of hydrogen-bond donors (Lipinski definition) is 2. The Kier molecular flexibility index (Phi) is 4.84. The smallest absolute Gasteiger partial charge is 0.313 e. The van der Waals surface area contributed by atoms with Gasteiger partial charge in [0.15, 0.2) is 0 Å². The van der Waals surface area contributed by atoms with Crippen LogP contribution in [-0.4, -0.2) is 26.6 Å². The topological polar surface area (TPSA) is 88.9 Å². The molecule has 2 aromatic carbocycles. The van der Waals surface area contributed by atoms with Crippen LogP contribution in [0.25, 0.3) is 5.69 Å². The van der Waals surface area contributed by atoms with E-state index in [4.69, 9.17) is 0 Å². The van der Waals surface area contributed by atoms with Crippen LogP contribution >= 0.6 is 0 Å².